The Hall–Kier alpha value is -1.45. The summed E-state index contributed by atoms with van der Waals surface area (Å²) in [5, 5.41) is 3.82. The maximum Gasteiger partial charge on any atom is 0.193 e. The van der Waals surface area contributed by atoms with Gasteiger partial charge in [-0.2, -0.15) is 0 Å². The van der Waals surface area contributed by atoms with E-state index in [1.807, 2.05) is 24.3 Å². The second kappa shape index (κ2) is 6.64. The molecule has 0 saturated heterocycles. The molecule has 2 aromatic rings. The van der Waals surface area contributed by atoms with Gasteiger partial charge in [0, 0.05) is 0 Å². The van der Waals surface area contributed by atoms with Crippen LogP contribution < -0.4 is 10.1 Å². The lowest BCUT2D eigenvalue weighted by Gasteiger charge is -2.16. The van der Waals surface area contributed by atoms with Gasteiger partial charge in [-0.05, 0) is 54.4 Å². The zero-order chi connectivity index (χ0) is 13.7. The van der Waals surface area contributed by atoms with Crippen LogP contribution in [-0.2, 0) is 6.42 Å². The number of methoxy groups -OCH3 is 1. The third-order valence-corrected chi connectivity index (χ3v) is 3.17. The molecule has 2 rings (SSSR count). The van der Waals surface area contributed by atoms with E-state index in [-0.39, 0.29) is 6.04 Å². The van der Waals surface area contributed by atoms with Crippen LogP contribution in [0.15, 0.2) is 40.8 Å². The number of halogens is 1. The summed E-state index contributed by atoms with van der Waals surface area (Å²) in [7, 11) is 1.67. The van der Waals surface area contributed by atoms with Crippen molar-refractivity contribution in [3.05, 3.63) is 52.9 Å². The van der Waals surface area contributed by atoms with Crippen molar-refractivity contribution in [2.45, 2.75) is 19.4 Å². The first-order valence-electron chi connectivity index (χ1n) is 6.34. The second-order valence-corrected chi connectivity index (χ2v) is 4.68. The number of nitrogens with one attached hydrogen (secondary N) is 1. The topological polar surface area (TPSA) is 34.4 Å². The Morgan fingerprint density at radius 1 is 1.32 bits per heavy atom. The normalized spacial score (nSPS) is 12.4. The Bertz CT molecular complexity index is 524. The van der Waals surface area contributed by atoms with E-state index in [1.54, 1.807) is 13.2 Å². The molecule has 0 amide bonds. The van der Waals surface area contributed by atoms with E-state index in [0.29, 0.717) is 5.22 Å². The average molecular weight is 280 g/mol. The maximum absolute atomic E-state index is 5.84. The van der Waals surface area contributed by atoms with Crippen LogP contribution in [0.25, 0.3) is 0 Å². The van der Waals surface area contributed by atoms with Gasteiger partial charge in [-0.15, -0.1) is 0 Å². The van der Waals surface area contributed by atoms with Crippen molar-refractivity contribution >= 4 is 11.6 Å². The third kappa shape index (κ3) is 3.75. The first-order valence-corrected chi connectivity index (χ1v) is 6.72. The predicted molar refractivity (Wildman–Crippen MR) is 76.8 cm³/mol. The number of hydrogen-bond donors (Lipinski definition) is 1. The highest BCUT2D eigenvalue weighted by Crippen LogP contribution is 2.24. The first kappa shape index (κ1) is 14.0. The number of furan rings is 1. The minimum absolute atomic E-state index is 0.115. The lowest BCUT2D eigenvalue weighted by Crippen LogP contribution is -2.22. The molecular formula is C15H18ClNO2. The Balaban J connectivity index is 2.16. The Labute approximate surface area is 118 Å². The zero-order valence-corrected chi connectivity index (χ0v) is 11.9. The summed E-state index contributed by atoms with van der Waals surface area (Å²) in [4.78, 5) is 0. The van der Waals surface area contributed by atoms with Crippen LogP contribution in [0.5, 0.6) is 5.75 Å². The average Bonchev–Trinajstić information content (AvgIpc) is 2.85. The van der Waals surface area contributed by atoms with Crippen molar-refractivity contribution in [1.29, 1.82) is 0 Å². The lowest BCUT2D eigenvalue weighted by molar-refractivity contribution is 0.408. The SMILES string of the molecule is CCNC(Cc1cccc(OC)c1)c1ccc(Cl)o1. The monoisotopic (exact) mass is 279 g/mol. The first-order chi connectivity index (χ1) is 9.22. The Kier molecular flexibility index (Phi) is 4.88. The fraction of sp³-hybridized carbons (Fsp3) is 0.333. The minimum atomic E-state index is 0.115. The van der Waals surface area contributed by atoms with Gasteiger partial charge in [-0.1, -0.05) is 19.1 Å². The van der Waals surface area contributed by atoms with E-state index in [2.05, 4.69) is 18.3 Å². The maximum atomic E-state index is 5.84. The number of ether oxygens (including phenoxy) is 1. The van der Waals surface area contributed by atoms with Crippen molar-refractivity contribution in [3.63, 3.8) is 0 Å². The van der Waals surface area contributed by atoms with Gasteiger partial charge in [0.1, 0.15) is 11.5 Å². The van der Waals surface area contributed by atoms with E-state index >= 15 is 0 Å². The van der Waals surface area contributed by atoms with Crippen molar-refractivity contribution in [2.75, 3.05) is 13.7 Å². The summed E-state index contributed by atoms with van der Waals surface area (Å²) >= 11 is 5.84. The minimum Gasteiger partial charge on any atom is -0.497 e. The molecule has 19 heavy (non-hydrogen) atoms. The highest BCUT2D eigenvalue weighted by molar-refractivity contribution is 6.28. The van der Waals surface area contributed by atoms with Crippen LogP contribution in [-0.4, -0.2) is 13.7 Å². The number of rotatable bonds is 6. The molecule has 0 bridgehead atoms. The summed E-state index contributed by atoms with van der Waals surface area (Å²) in [6, 6.07) is 11.8. The van der Waals surface area contributed by atoms with Gasteiger partial charge in [0.15, 0.2) is 5.22 Å². The smallest absolute Gasteiger partial charge is 0.193 e. The van der Waals surface area contributed by atoms with Gasteiger partial charge in [-0.3, -0.25) is 0 Å². The molecule has 0 radical (unpaired) electrons. The summed E-state index contributed by atoms with van der Waals surface area (Å²) in [6.45, 7) is 2.94. The van der Waals surface area contributed by atoms with Crippen LogP contribution >= 0.6 is 11.6 Å². The van der Waals surface area contributed by atoms with Gasteiger partial charge in [0.05, 0.1) is 13.2 Å². The standard InChI is InChI=1S/C15H18ClNO2/c1-3-17-13(14-7-8-15(16)19-14)10-11-5-4-6-12(9-11)18-2/h4-9,13,17H,3,10H2,1-2H3. The summed E-state index contributed by atoms with van der Waals surface area (Å²) in [5.41, 5.74) is 1.19. The molecule has 0 aliphatic heterocycles. The predicted octanol–water partition coefficient (Wildman–Crippen LogP) is 3.83. The largest absolute Gasteiger partial charge is 0.497 e. The summed E-state index contributed by atoms with van der Waals surface area (Å²) in [6.07, 6.45) is 0.828. The van der Waals surface area contributed by atoms with Gasteiger partial charge in [0.2, 0.25) is 0 Å². The third-order valence-electron chi connectivity index (χ3n) is 2.96. The lowest BCUT2D eigenvalue weighted by atomic mass is 10.0. The molecule has 102 valence electrons. The molecular weight excluding hydrogens is 262 g/mol. The fourth-order valence-corrected chi connectivity index (χ4v) is 2.22. The summed E-state index contributed by atoms with van der Waals surface area (Å²) in [5.74, 6) is 1.72. The molecule has 4 heteroatoms. The van der Waals surface area contributed by atoms with Crippen LogP contribution in [0.3, 0.4) is 0 Å². The molecule has 1 N–H and O–H groups in total. The van der Waals surface area contributed by atoms with Crippen molar-refractivity contribution in [1.82, 2.24) is 5.32 Å². The van der Waals surface area contributed by atoms with E-state index < -0.39 is 0 Å². The van der Waals surface area contributed by atoms with Gasteiger partial charge in [-0.25, -0.2) is 0 Å². The van der Waals surface area contributed by atoms with Crippen LogP contribution in [0.4, 0.5) is 0 Å². The van der Waals surface area contributed by atoms with Crippen molar-refractivity contribution < 1.29 is 9.15 Å². The highest BCUT2D eigenvalue weighted by Gasteiger charge is 2.15. The summed E-state index contributed by atoms with van der Waals surface area (Å²) < 4.78 is 10.7. The van der Waals surface area contributed by atoms with Crippen LogP contribution in [0, 0.1) is 0 Å². The molecule has 3 nitrogen and oxygen atoms in total. The Morgan fingerprint density at radius 3 is 2.79 bits per heavy atom. The van der Waals surface area contributed by atoms with Crippen molar-refractivity contribution in [2.24, 2.45) is 0 Å². The molecule has 0 fully saturated rings. The van der Waals surface area contributed by atoms with Crippen LogP contribution in [0.1, 0.15) is 24.3 Å². The van der Waals surface area contributed by atoms with E-state index in [1.165, 1.54) is 5.56 Å². The molecule has 0 aliphatic rings. The second-order valence-electron chi connectivity index (χ2n) is 4.31. The molecule has 0 saturated carbocycles. The van der Waals surface area contributed by atoms with E-state index in [4.69, 9.17) is 20.8 Å². The fourth-order valence-electron chi connectivity index (χ4n) is 2.07. The quantitative estimate of drug-likeness (QED) is 0.872. The molecule has 0 spiro atoms. The molecule has 1 heterocycles. The number of benzene rings is 1. The number of hydrogen-bond acceptors (Lipinski definition) is 3. The van der Waals surface area contributed by atoms with Gasteiger partial charge in [0.25, 0.3) is 0 Å². The Morgan fingerprint density at radius 2 is 2.16 bits per heavy atom. The van der Waals surface area contributed by atoms with E-state index in [0.717, 1.165) is 24.5 Å². The van der Waals surface area contributed by atoms with E-state index in [9.17, 15) is 0 Å². The van der Waals surface area contributed by atoms with Crippen LogP contribution in [0.2, 0.25) is 5.22 Å². The molecule has 0 aliphatic carbocycles. The molecule has 1 unspecified atom stereocenters. The molecule has 1 aromatic heterocycles. The highest BCUT2D eigenvalue weighted by atomic mass is 35.5. The molecule has 1 atom stereocenters. The van der Waals surface area contributed by atoms with Crippen molar-refractivity contribution in [3.8, 4) is 5.75 Å². The van der Waals surface area contributed by atoms with Gasteiger partial charge >= 0.3 is 0 Å². The zero-order valence-electron chi connectivity index (χ0n) is 11.2. The number of likely N-dealkylation sites (N-methyl/N-ethyl adjacent to an activating group) is 1. The molecule has 1 aromatic carbocycles. The van der Waals surface area contributed by atoms with Gasteiger partial charge < -0.3 is 14.5 Å².